The first-order chi connectivity index (χ1) is 8.58. The van der Waals surface area contributed by atoms with Crippen molar-refractivity contribution < 1.29 is 19.8 Å². The van der Waals surface area contributed by atoms with Gasteiger partial charge in [0.25, 0.3) is 5.91 Å². The Labute approximate surface area is 105 Å². The molecule has 0 unspecified atom stereocenters. The summed E-state index contributed by atoms with van der Waals surface area (Å²) in [4.78, 5) is 24.6. The van der Waals surface area contributed by atoms with Crippen LogP contribution in [0.5, 0.6) is 5.75 Å². The maximum absolute atomic E-state index is 12.1. The molecule has 0 aromatic heterocycles. The molecule has 0 aliphatic carbocycles. The molecule has 0 spiro atoms. The van der Waals surface area contributed by atoms with E-state index in [0.29, 0.717) is 24.9 Å². The summed E-state index contributed by atoms with van der Waals surface area (Å²) in [7, 11) is 0. The highest BCUT2D eigenvalue weighted by molar-refractivity contribution is 5.95. The van der Waals surface area contributed by atoms with Gasteiger partial charge in [-0.3, -0.25) is 9.59 Å². The van der Waals surface area contributed by atoms with E-state index in [0.717, 1.165) is 0 Å². The van der Waals surface area contributed by atoms with Crippen molar-refractivity contribution in [3.8, 4) is 5.75 Å². The molecule has 1 amide bonds. The number of hydrogen-bond donors (Lipinski definition) is 2. The van der Waals surface area contributed by atoms with Crippen LogP contribution in [0.3, 0.4) is 0 Å². The number of aromatic hydroxyl groups is 1. The zero-order valence-corrected chi connectivity index (χ0v) is 9.87. The first kappa shape index (κ1) is 12.4. The van der Waals surface area contributed by atoms with Gasteiger partial charge in [0.15, 0.2) is 0 Å². The summed E-state index contributed by atoms with van der Waals surface area (Å²) < 4.78 is 0. The molecule has 1 aromatic rings. The van der Waals surface area contributed by atoms with Crippen LogP contribution in [0.4, 0.5) is 0 Å². The fourth-order valence-electron chi connectivity index (χ4n) is 2.18. The van der Waals surface area contributed by atoms with E-state index in [1.165, 1.54) is 17.0 Å². The van der Waals surface area contributed by atoms with E-state index in [2.05, 4.69) is 0 Å². The minimum Gasteiger partial charge on any atom is -0.508 e. The standard InChI is InChI=1S/C13H15NO4/c15-11-5-1-3-9(7-11)12(16)14-6-2-4-10(8-14)13(17)18/h1,3,5,7,10,15H,2,4,6,8H2,(H,17,18)/t10-/m0/s1. The summed E-state index contributed by atoms with van der Waals surface area (Å²) in [6.07, 6.45) is 1.31. The summed E-state index contributed by atoms with van der Waals surface area (Å²) in [6.45, 7) is 0.808. The summed E-state index contributed by atoms with van der Waals surface area (Å²) >= 11 is 0. The van der Waals surface area contributed by atoms with Gasteiger partial charge in [-0.15, -0.1) is 0 Å². The molecule has 18 heavy (non-hydrogen) atoms. The van der Waals surface area contributed by atoms with E-state index in [1.54, 1.807) is 12.1 Å². The normalized spacial score (nSPS) is 19.6. The molecule has 0 saturated carbocycles. The fourth-order valence-corrected chi connectivity index (χ4v) is 2.18. The lowest BCUT2D eigenvalue weighted by Crippen LogP contribution is -2.42. The van der Waals surface area contributed by atoms with Crippen molar-refractivity contribution in [2.24, 2.45) is 5.92 Å². The number of carboxylic acids is 1. The smallest absolute Gasteiger partial charge is 0.308 e. The number of hydrogen-bond acceptors (Lipinski definition) is 3. The number of likely N-dealkylation sites (tertiary alicyclic amines) is 1. The van der Waals surface area contributed by atoms with Crippen LogP contribution in [0.15, 0.2) is 24.3 Å². The van der Waals surface area contributed by atoms with E-state index in [1.807, 2.05) is 0 Å². The Bertz CT molecular complexity index is 472. The Morgan fingerprint density at radius 1 is 1.33 bits per heavy atom. The van der Waals surface area contributed by atoms with Crippen LogP contribution in [0, 0.1) is 5.92 Å². The van der Waals surface area contributed by atoms with E-state index < -0.39 is 11.9 Å². The van der Waals surface area contributed by atoms with Crippen molar-refractivity contribution in [1.82, 2.24) is 4.90 Å². The Morgan fingerprint density at radius 2 is 2.11 bits per heavy atom. The molecule has 0 radical (unpaired) electrons. The van der Waals surface area contributed by atoms with Crippen LogP contribution in [0.2, 0.25) is 0 Å². The Balaban J connectivity index is 2.11. The molecule has 5 nitrogen and oxygen atoms in total. The highest BCUT2D eigenvalue weighted by Crippen LogP contribution is 2.20. The number of carbonyl (C=O) groups excluding carboxylic acids is 1. The molecule has 96 valence electrons. The van der Waals surface area contributed by atoms with Gasteiger partial charge in [-0.2, -0.15) is 0 Å². The molecule has 1 aliphatic rings. The maximum atomic E-state index is 12.1. The number of amides is 1. The number of phenols is 1. The van der Waals surface area contributed by atoms with Crippen molar-refractivity contribution in [3.63, 3.8) is 0 Å². The third-order valence-corrected chi connectivity index (χ3v) is 3.15. The van der Waals surface area contributed by atoms with Gasteiger partial charge < -0.3 is 15.1 Å². The molecule has 1 aliphatic heterocycles. The zero-order valence-electron chi connectivity index (χ0n) is 9.87. The summed E-state index contributed by atoms with van der Waals surface area (Å²) in [5.74, 6) is -1.53. The van der Waals surface area contributed by atoms with Crippen molar-refractivity contribution >= 4 is 11.9 Å². The maximum Gasteiger partial charge on any atom is 0.308 e. The molecule has 1 atom stereocenters. The second kappa shape index (κ2) is 5.08. The molecule has 1 saturated heterocycles. The monoisotopic (exact) mass is 249 g/mol. The van der Waals surface area contributed by atoms with E-state index in [4.69, 9.17) is 5.11 Å². The van der Waals surface area contributed by atoms with E-state index >= 15 is 0 Å². The van der Waals surface area contributed by atoms with E-state index in [9.17, 15) is 14.7 Å². The third kappa shape index (κ3) is 2.61. The number of rotatable bonds is 2. The Kier molecular flexibility index (Phi) is 3.50. The number of benzene rings is 1. The van der Waals surface area contributed by atoms with Crippen molar-refractivity contribution in [2.45, 2.75) is 12.8 Å². The lowest BCUT2D eigenvalue weighted by molar-refractivity contribution is -0.143. The second-order valence-electron chi connectivity index (χ2n) is 4.48. The van der Waals surface area contributed by atoms with Gasteiger partial charge in [0, 0.05) is 18.7 Å². The predicted octanol–water partition coefficient (Wildman–Crippen LogP) is 1.33. The number of carboxylic acid groups (broad SMARTS) is 1. The minimum atomic E-state index is -0.858. The molecule has 5 heteroatoms. The highest BCUT2D eigenvalue weighted by atomic mass is 16.4. The van der Waals surface area contributed by atoms with Gasteiger partial charge >= 0.3 is 5.97 Å². The van der Waals surface area contributed by atoms with E-state index in [-0.39, 0.29) is 18.2 Å². The first-order valence-electron chi connectivity index (χ1n) is 5.89. The molecule has 1 aromatic carbocycles. The number of piperidine rings is 1. The van der Waals surface area contributed by atoms with Crippen LogP contribution < -0.4 is 0 Å². The second-order valence-corrected chi connectivity index (χ2v) is 4.48. The zero-order chi connectivity index (χ0) is 13.1. The Hall–Kier alpha value is -2.04. The molecule has 0 bridgehead atoms. The van der Waals surface area contributed by atoms with Crippen LogP contribution >= 0.6 is 0 Å². The number of aliphatic carboxylic acids is 1. The lowest BCUT2D eigenvalue weighted by Gasteiger charge is -2.30. The molecule has 1 fully saturated rings. The van der Waals surface area contributed by atoms with Crippen molar-refractivity contribution in [1.29, 1.82) is 0 Å². The number of phenolic OH excluding ortho intramolecular Hbond substituents is 1. The van der Waals surface area contributed by atoms with Crippen LogP contribution in [0.1, 0.15) is 23.2 Å². The molecule has 1 heterocycles. The summed E-state index contributed by atoms with van der Waals surface area (Å²) in [5.41, 5.74) is 0.390. The first-order valence-corrected chi connectivity index (χ1v) is 5.89. The van der Waals surface area contributed by atoms with Gasteiger partial charge in [0.2, 0.25) is 0 Å². The topological polar surface area (TPSA) is 77.8 Å². The van der Waals surface area contributed by atoms with Gasteiger partial charge in [0.1, 0.15) is 5.75 Å². The number of carbonyl (C=O) groups is 2. The van der Waals surface area contributed by atoms with Crippen LogP contribution in [-0.2, 0) is 4.79 Å². The number of nitrogens with zero attached hydrogens (tertiary/aromatic N) is 1. The highest BCUT2D eigenvalue weighted by Gasteiger charge is 2.28. The third-order valence-electron chi connectivity index (χ3n) is 3.15. The molecule has 2 rings (SSSR count). The average Bonchev–Trinajstić information content (AvgIpc) is 2.38. The molecular weight excluding hydrogens is 234 g/mol. The van der Waals surface area contributed by atoms with Crippen LogP contribution in [-0.4, -0.2) is 40.1 Å². The lowest BCUT2D eigenvalue weighted by atomic mass is 9.97. The van der Waals surface area contributed by atoms with Gasteiger partial charge in [-0.05, 0) is 31.0 Å². The largest absolute Gasteiger partial charge is 0.508 e. The van der Waals surface area contributed by atoms with Crippen molar-refractivity contribution in [2.75, 3.05) is 13.1 Å². The Morgan fingerprint density at radius 3 is 2.78 bits per heavy atom. The predicted molar refractivity (Wildman–Crippen MR) is 64.4 cm³/mol. The fraction of sp³-hybridized carbons (Fsp3) is 0.385. The van der Waals surface area contributed by atoms with Crippen molar-refractivity contribution in [3.05, 3.63) is 29.8 Å². The van der Waals surface area contributed by atoms with Gasteiger partial charge in [-0.1, -0.05) is 6.07 Å². The molecule has 2 N–H and O–H groups in total. The van der Waals surface area contributed by atoms with Gasteiger partial charge in [-0.25, -0.2) is 0 Å². The summed E-state index contributed by atoms with van der Waals surface area (Å²) in [5, 5.41) is 18.3. The SMILES string of the molecule is O=C(O)[C@H]1CCCN(C(=O)c2cccc(O)c2)C1. The summed E-state index contributed by atoms with van der Waals surface area (Å²) in [6, 6.07) is 6.10. The molecular formula is C13H15NO4. The average molecular weight is 249 g/mol. The van der Waals surface area contributed by atoms with Gasteiger partial charge in [0.05, 0.1) is 5.92 Å². The quantitative estimate of drug-likeness (QED) is 0.828. The minimum absolute atomic E-state index is 0.0349. The van der Waals surface area contributed by atoms with Crippen LogP contribution in [0.25, 0.3) is 0 Å².